The molecule has 20 heavy (non-hydrogen) atoms. The average molecular weight is 296 g/mol. The Bertz CT molecular complexity index is 675. The van der Waals surface area contributed by atoms with Crippen LogP contribution in [0.4, 0.5) is 0 Å². The summed E-state index contributed by atoms with van der Waals surface area (Å²) in [5, 5.41) is 0.337. The molecule has 0 N–H and O–H groups in total. The molecule has 0 saturated carbocycles. The first-order valence-electron chi connectivity index (χ1n) is 6.09. The van der Waals surface area contributed by atoms with E-state index in [9.17, 15) is 9.35 Å². The topological polar surface area (TPSA) is 71.7 Å². The van der Waals surface area contributed by atoms with E-state index < -0.39 is 11.2 Å². The van der Waals surface area contributed by atoms with Crippen LogP contribution in [0.25, 0.3) is 11.0 Å². The van der Waals surface area contributed by atoms with Crippen molar-refractivity contribution in [2.75, 3.05) is 13.4 Å². The lowest BCUT2D eigenvalue weighted by Crippen LogP contribution is -2.18. The summed E-state index contributed by atoms with van der Waals surface area (Å²) >= 11 is -1.46. The van der Waals surface area contributed by atoms with Gasteiger partial charge in [0.1, 0.15) is 23.0 Å². The van der Waals surface area contributed by atoms with Crippen LogP contribution in [0.5, 0.6) is 11.5 Å². The Balaban J connectivity index is 2.83. The first-order valence-corrected chi connectivity index (χ1v) is 7.65. The van der Waals surface area contributed by atoms with Gasteiger partial charge in [0.2, 0.25) is 5.43 Å². The predicted octanol–water partition coefficient (Wildman–Crippen LogP) is 2.33. The molecule has 1 unspecified atom stereocenters. The van der Waals surface area contributed by atoms with Gasteiger partial charge in [-0.05, 0) is 26.0 Å². The lowest BCUT2D eigenvalue weighted by molar-refractivity contribution is 0.219. The number of methoxy groups -OCH3 is 1. The van der Waals surface area contributed by atoms with E-state index in [-0.39, 0.29) is 22.4 Å². The molecule has 0 aliphatic carbocycles. The molecule has 1 aromatic heterocycles. The molecule has 1 atom stereocenters. The van der Waals surface area contributed by atoms with Crippen molar-refractivity contribution in [3.63, 3.8) is 0 Å². The smallest absolute Gasteiger partial charge is 0.358 e. The number of rotatable bonds is 4. The van der Waals surface area contributed by atoms with Gasteiger partial charge in [-0.3, -0.25) is 4.79 Å². The number of hydrogen-bond acceptors (Lipinski definition) is 5. The monoisotopic (exact) mass is 296 g/mol. The molecule has 6 heteroatoms. The van der Waals surface area contributed by atoms with E-state index in [2.05, 4.69) is 0 Å². The first kappa shape index (κ1) is 14.7. The molecular weight excluding hydrogens is 280 g/mol. The van der Waals surface area contributed by atoms with Gasteiger partial charge < -0.3 is 18.4 Å². The average Bonchev–Trinajstić information content (AvgIpc) is 2.40. The summed E-state index contributed by atoms with van der Waals surface area (Å²) in [4.78, 5) is 12.6. The third-order valence-corrected chi connectivity index (χ3v) is 3.43. The number of fused-ring (bicyclic) bond motifs is 1. The van der Waals surface area contributed by atoms with Gasteiger partial charge in [-0.15, -0.1) is 0 Å². The van der Waals surface area contributed by atoms with Crippen molar-refractivity contribution < 1.29 is 18.4 Å². The van der Waals surface area contributed by atoms with Gasteiger partial charge in [0.25, 0.3) is 5.75 Å². The van der Waals surface area contributed by atoms with Crippen LogP contribution < -0.4 is 14.9 Å². The molecule has 0 aliphatic rings. The van der Waals surface area contributed by atoms with E-state index in [4.69, 9.17) is 13.9 Å². The van der Waals surface area contributed by atoms with Crippen LogP contribution in [0.15, 0.2) is 32.5 Å². The van der Waals surface area contributed by atoms with E-state index in [0.717, 1.165) is 0 Å². The summed E-state index contributed by atoms with van der Waals surface area (Å²) in [5.41, 5.74) is -0.0433. The third kappa shape index (κ3) is 2.62. The van der Waals surface area contributed by atoms with Gasteiger partial charge in [0.05, 0.1) is 13.2 Å². The molecule has 108 valence electrons. The molecular formula is C14H16O5S. The second-order valence-electron chi connectivity index (χ2n) is 4.50. The second-order valence-corrected chi connectivity index (χ2v) is 5.78. The largest absolute Gasteiger partial charge is 0.609 e. The molecule has 0 spiro atoms. The summed E-state index contributed by atoms with van der Waals surface area (Å²) in [6.07, 6.45) is 1.21. The maximum atomic E-state index is 12.6. The molecule has 0 saturated heterocycles. The highest BCUT2D eigenvalue weighted by molar-refractivity contribution is 7.90. The Kier molecular flexibility index (Phi) is 4.25. The van der Waals surface area contributed by atoms with Gasteiger partial charge in [0.15, 0.2) is 0 Å². The van der Waals surface area contributed by atoms with Crippen molar-refractivity contribution in [3.05, 3.63) is 28.4 Å². The molecule has 1 aromatic carbocycles. The van der Waals surface area contributed by atoms with Gasteiger partial charge in [-0.25, -0.2) is 0 Å². The number of hydrogen-bond donors (Lipinski definition) is 0. The predicted molar refractivity (Wildman–Crippen MR) is 77.1 cm³/mol. The molecule has 5 nitrogen and oxygen atoms in total. The molecule has 0 fully saturated rings. The molecule has 1 heterocycles. The highest BCUT2D eigenvalue weighted by Crippen LogP contribution is 2.30. The molecule has 0 radical (unpaired) electrons. The zero-order chi connectivity index (χ0) is 14.9. The van der Waals surface area contributed by atoms with Crippen molar-refractivity contribution in [2.45, 2.75) is 25.0 Å². The minimum absolute atomic E-state index is 0.0159. The van der Waals surface area contributed by atoms with Crippen LogP contribution in [0.3, 0.4) is 0 Å². The normalized spacial score (nSPS) is 12.7. The summed E-state index contributed by atoms with van der Waals surface area (Å²) in [6.45, 7) is 3.57. The fourth-order valence-electron chi connectivity index (χ4n) is 1.87. The van der Waals surface area contributed by atoms with E-state index >= 15 is 0 Å². The quantitative estimate of drug-likeness (QED) is 0.810. The highest BCUT2D eigenvalue weighted by Gasteiger charge is 2.25. The van der Waals surface area contributed by atoms with Gasteiger partial charge in [-0.1, -0.05) is 6.07 Å². The Morgan fingerprint density at radius 1 is 1.35 bits per heavy atom. The van der Waals surface area contributed by atoms with Crippen LogP contribution in [-0.2, 0) is 11.2 Å². The molecule has 0 aliphatic heterocycles. The zero-order valence-electron chi connectivity index (χ0n) is 11.8. The van der Waals surface area contributed by atoms with Crippen LogP contribution >= 0.6 is 0 Å². The van der Waals surface area contributed by atoms with Gasteiger partial charge >= 0.3 is 5.09 Å². The van der Waals surface area contributed by atoms with Gasteiger partial charge in [-0.2, -0.15) is 0 Å². The lowest BCUT2D eigenvalue weighted by Gasteiger charge is -2.14. The van der Waals surface area contributed by atoms with Crippen LogP contribution in [0.2, 0.25) is 0 Å². The lowest BCUT2D eigenvalue weighted by atomic mass is 10.2. The molecule has 0 amide bonds. The second kappa shape index (κ2) is 5.76. The first-order chi connectivity index (χ1) is 9.45. The maximum Gasteiger partial charge on any atom is 0.358 e. The minimum Gasteiger partial charge on any atom is -0.609 e. The summed E-state index contributed by atoms with van der Waals surface area (Å²) in [5.74, 6) is 0.385. The Morgan fingerprint density at radius 3 is 2.60 bits per heavy atom. The number of benzene rings is 1. The summed E-state index contributed by atoms with van der Waals surface area (Å²) in [7, 11) is 1.48. The van der Waals surface area contributed by atoms with Crippen LogP contribution in [-0.4, -0.2) is 24.0 Å². The van der Waals surface area contributed by atoms with E-state index in [1.807, 2.05) is 0 Å². The number of ether oxygens (including phenoxy) is 2. The summed E-state index contributed by atoms with van der Waals surface area (Å²) < 4.78 is 28.0. The van der Waals surface area contributed by atoms with E-state index in [0.29, 0.717) is 16.7 Å². The van der Waals surface area contributed by atoms with E-state index in [1.165, 1.54) is 13.4 Å². The van der Waals surface area contributed by atoms with Crippen LogP contribution in [0, 0.1) is 0 Å². The van der Waals surface area contributed by atoms with Crippen molar-refractivity contribution in [2.24, 2.45) is 0 Å². The van der Waals surface area contributed by atoms with Crippen LogP contribution in [0.1, 0.15) is 13.8 Å². The Labute approximate surface area is 119 Å². The molecule has 2 aromatic rings. The Morgan fingerprint density at radius 2 is 2.05 bits per heavy atom. The summed E-state index contributed by atoms with van der Waals surface area (Å²) in [6, 6.07) is 5.01. The fourth-order valence-corrected chi connectivity index (χ4v) is 2.48. The van der Waals surface area contributed by atoms with Crippen molar-refractivity contribution in [1.29, 1.82) is 0 Å². The SMILES string of the molecule is COc1cccc2oc([S+](C)[O-])c(OC(C)C)c(=O)c12. The highest BCUT2D eigenvalue weighted by atomic mass is 32.2. The standard InChI is InChI=1S/C14H16O5S/c1-8(2)18-13-12(15)11-9(17-3)6-5-7-10(11)19-14(13)20(4)16/h5-8H,1-4H3. The van der Waals surface area contributed by atoms with E-state index in [1.54, 1.807) is 32.0 Å². The van der Waals surface area contributed by atoms with Gasteiger partial charge in [0, 0.05) is 11.2 Å². The molecule has 0 bridgehead atoms. The van der Waals surface area contributed by atoms with Crippen molar-refractivity contribution >= 4 is 22.1 Å². The zero-order valence-corrected chi connectivity index (χ0v) is 12.6. The minimum atomic E-state index is -1.46. The third-order valence-electron chi connectivity index (χ3n) is 2.64. The fraction of sp³-hybridized carbons (Fsp3) is 0.357. The Hall–Kier alpha value is -1.66. The molecule has 2 rings (SSSR count). The van der Waals surface area contributed by atoms with Crippen molar-refractivity contribution in [1.82, 2.24) is 0 Å². The maximum absolute atomic E-state index is 12.6. The van der Waals surface area contributed by atoms with Crippen molar-refractivity contribution in [3.8, 4) is 11.5 Å².